The van der Waals surface area contributed by atoms with Crippen LogP contribution in [0.2, 0.25) is 0 Å². The number of hydrogen-bond donors (Lipinski definition) is 1. The van der Waals surface area contributed by atoms with Crippen molar-refractivity contribution in [2.75, 3.05) is 13.1 Å². The molecule has 0 aliphatic carbocycles. The number of halogens is 6. The Labute approximate surface area is 149 Å². The summed E-state index contributed by atoms with van der Waals surface area (Å²) in [7, 11) is 0. The standard InChI is InChI=1S/C15H14F6N4O2/c1-2-25(13(26)22-8-14(16,17)18)7-9-3-5-10(6-4-9)11-23-12(27-24-11)15(19,20)21/h3-6H,2,7-8H2,1H3,(H,22,26). The molecule has 0 unspecified atom stereocenters. The molecule has 0 atom stereocenters. The number of hydrogen-bond acceptors (Lipinski definition) is 4. The Morgan fingerprint density at radius 2 is 1.78 bits per heavy atom. The minimum Gasteiger partial charge on any atom is -0.329 e. The molecule has 0 saturated carbocycles. The number of nitrogens with zero attached hydrogens (tertiary/aromatic N) is 3. The maximum atomic E-state index is 12.5. The number of benzene rings is 1. The van der Waals surface area contributed by atoms with Gasteiger partial charge >= 0.3 is 24.3 Å². The third kappa shape index (κ3) is 5.86. The second kappa shape index (κ2) is 7.84. The lowest BCUT2D eigenvalue weighted by Gasteiger charge is -2.22. The van der Waals surface area contributed by atoms with Gasteiger partial charge in [-0.3, -0.25) is 0 Å². The first-order chi connectivity index (χ1) is 12.5. The Bertz CT molecular complexity index is 770. The van der Waals surface area contributed by atoms with E-state index >= 15 is 0 Å². The molecule has 2 amide bonds. The van der Waals surface area contributed by atoms with Crippen molar-refractivity contribution in [1.82, 2.24) is 20.4 Å². The van der Waals surface area contributed by atoms with Crippen LogP contribution in [0.5, 0.6) is 0 Å². The first-order valence-corrected chi connectivity index (χ1v) is 7.59. The Balaban J connectivity index is 2.03. The molecule has 0 radical (unpaired) electrons. The van der Waals surface area contributed by atoms with Gasteiger partial charge in [0, 0.05) is 18.7 Å². The number of nitrogens with one attached hydrogen (secondary N) is 1. The van der Waals surface area contributed by atoms with E-state index in [0.29, 0.717) is 5.56 Å². The van der Waals surface area contributed by atoms with Gasteiger partial charge in [0.2, 0.25) is 5.82 Å². The smallest absolute Gasteiger partial charge is 0.329 e. The highest BCUT2D eigenvalue weighted by molar-refractivity contribution is 5.74. The molecule has 0 bridgehead atoms. The van der Waals surface area contributed by atoms with Gasteiger partial charge in [0.05, 0.1) is 0 Å². The fourth-order valence-electron chi connectivity index (χ4n) is 2.05. The van der Waals surface area contributed by atoms with Crippen molar-refractivity contribution < 1.29 is 35.7 Å². The van der Waals surface area contributed by atoms with Crippen LogP contribution in [0.4, 0.5) is 31.1 Å². The fraction of sp³-hybridized carbons (Fsp3) is 0.400. The van der Waals surface area contributed by atoms with Gasteiger partial charge in [0.1, 0.15) is 6.54 Å². The number of urea groups is 1. The molecular weight excluding hydrogens is 382 g/mol. The maximum absolute atomic E-state index is 12.5. The van der Waals surface area contributed by atoms with Crippen LogP contribution in [0.3, 0.4) is 0 Å². The van der Waals surface area contributed by atoms with Crippen molar-refractivity contribution in [3.63, 3.8) is 0 Å². The summed E-state index contributed by atoms with van der Waals surface area (Å²) in [6, 6.07) is 4.95. The second-order valence-corrected chi connectivity index (χ2v) is 5.41. The van der Waals surface area contributed by atoms with Gasteiger partial charge in [0.15, 0.2) is 0 Å². The molecule has 0 saturated heterocycles. The van der Waals surface area contributed by atoms with Crippen LogP contribution >= 0.6 is 0 Å². The molecule has 1 heterocycles. The zero-order valence-corrected chi connectivity index (χ0v) is 13.9. The van der Waals surface area contributed by atoms with Gasteiger partial charge in [-0.05, 0) is 12.5 Å². The van der Waals surface area contributed by atoms with Gasteiger partial charge < -0.3 is 14.7 Å². The molecule has 6 nitrogen and oxygen atoms in total. The average molecular weight is 396 g/mol. The Kier molecular flexibility index (Phi) is 5.96. The SMILES string of the molecule is CCN(Cc1ccc(-c2noc(C(F)(F)F)n2)cc1)C(=O)NCC(F)(F)F. The van der Waals surface area contributed by atoms with E-state index in [1.807, 2.05) is 0 Å². The van der Waals surface area contributed by atoms with Gasteiger partial charge in [-0.25, -0.2) is 4.79 Å². The van der Waals surface area contributed by atoms with Crippen molar-refractivity contribution in [2.45, 2.75) is 25.8 Å². The van der Waals surface area contributed by atoms with E-state index < -0.39 is 30.8 Å². The zero-order valence-electron chi connectivity index (χ0n) is 13.9. The number of rotatable bonds is 5. The van der Waals surface area contributed by atoms with E-state index in [2.05, 4.69) is 14.7 Å². The molecule has 0 fully saturated rings. The summed E-state index contributed by atoms with van der Waals surface area (Å²) in [5, 5.41) is 5.02. The topological polar surface area (TPSA) is 71.3 Å². The van der Waals surface area contributed by atoms with Crippen LogP contribution in [0.15, 0.2) is 28.8 Å². The van der Waals surface area contributed by atoms with Gasteiger partial charge in [-0.2, -0.15) is 31.3 Å². The minimum atomic E-state index is -4.75. The summed E-state index contributed by atoms with van der Waals surface area (Å²) in [5.41, 5.74) is 0.810. The monoisotopic (exact) mass is 396 g/mol. The third-order valence-electron chi connectivity index (χ3n) is 3.36. The van der Waals surface area contributed by atoms with Crippen LogP contribution in [0.1, 0.15) is 18.4 Å². The Hall–Kier alpha value is -2.79. The van der Waals surface area contributed by atoms with Crippen LogP contribution in [0, 0.1) is 0 Å². The highest BCUT2D eigenvalue weighted by Gasteiger charge is 2.38. The number of carbonyl (C=O) groups excluding carboxylic acids is 1. The molecule has 1 N–H and O–H groups in total. The quantitative estimate of drug-likeness (QED) is 0.780. The lowest BCUT2D eigenvalue weighted by molar-refractivity contribution is -0.159. The van der Waals surface area contributed by atoms with Crippen molar-refractivity contribution >= 4 is 6.03 Å². The molecule has 1 aromatic carbocycles. The summed E-state index contributed by atoms with van der Waals surface area (Å²) in [5.74, 6) is -1.73. The highest BCUT2D eigenvalue weighted by atomic mass is 19.4. The van der Waals surface area contributed by atoms with Crippen LogP contribution in [-0.4, -0.2) is 40.3 Å². The third-order valence-corrected chi connectivity index (χ3v) is 3.36. The molecule has 12 heteroatoms. The summed E-state index contributed by atoms with van der Waals surface area (Å²) >= 11 is 0. The average Bonchev–Trinajstić information content (AvgIpc) is 3.08. The first kappa shape index (κ1) is 20.5. The van der Waals surface area contributed by atoms with Crippen molar-refractivity contribution in [3.05, 3.63) is 35.7 Å². The summed E-state index contributed by atoms with van der Waals surface area (Å²) < 4.78 is 78.0. The first-order valence-electron chi connectivity index (χ1n) is 7.59. The second-order valence-electron chi connectivity index (χ2n) is 5.41. The van der Waals surface area contributed by atoms with Crippen LogP contribution in [0.25, 0.3) is 11.4 Å². The summed E-state index contributed by atoms with van der Waals surface area (Å²) in [6.07, 6.45) is -9.27. The number of carbonyl (C=O) groups is 1. The molecule has 1 aromatic heterocycles. The fourth-order valence-corrected chi connectivity index (χ4v) is 2.05. The molecule has 0 aliphatic rings. The molecule has 27 heavy (non-hydrogen) atoms. The summed E-state index contributed by atoms with van der Waals surface area (Å²) in [4.78, 5) is 16.2. The van der Waals surface area contributed by atoms with E-state index in [4.69, 9.17) is 0 Å². The maximum Gasteiger partial charge on any atom is 0.471 e. The highest BCUT2D eigenvalue weighted by Crippen LogP contribution is 2.29. The van der Waals surface area contributed by atoms with Crippen LogP contribution in [-0.2, 0) is 12.7 Å². The molecule has 148 valence electrons. The zero-order chi connectivity index (χ0) is 20.2. The Morgan fingerprint density at radius 1 is 1.15 bits per heavy atom. The van der Waals surface area contributed by atoms with Crippen molar-refractivity contribution in [3.8, 4) is 11.4 Å². The Morgan fingerprint density at radius 3 is 2.26 bits per heavy atom. The van der Waals surface area contributed by atoms with Gasteiger partial charge in [0.25, 0.3) is 0 Å². The molecule has 2 rings (SSSR count). The van der Waals surface area contributed by atoms with E-state index in [1.165, 1.54) is 24.3 Å². The number of alkyl halides is 6. The molecule has 0 spiro atoms. The van der Waals surface area contributed by atoms with Gasteiger partial charge in [-0.1, -0.05) is 29.4 Å². The molecular formula is C15H14F6N4O2. The lowest BCUT2D eigenvalue weighted by atomic mass is 10.1. The minimum absolute atomic E-state index is 0.0144. The van der Waals surface area contributed by atoms with E-state index in [1.54, 1.807) is 12.2 Å². The van der Waals surface area contributed by atoms with Crippen LogP contribution < -0.4 is 5.32 Å². The number of amides is 2. The molecule has 0 aliphatic heterocycles. The normalized spacial score (nSPS) is 12.1. The van der Waals surface area contributed by atoms with Crippen molar-refractivity contribution in [1.29, 1.82) is 0 Å². The predicted octanol–water partition coefficient (Wildman–Crippen LogP) is 3.85. The predicted molar refractivity (Wildman–Crippen MR) is 80.3 cm³/mol. The van der Waals surface area contributed by atoms with E-state index in [0.717, 1.165) is 4.90 Å². The van der Waals surface area contributed by atoms with E-state index in [-0.39, 0.29) is 24.5 Å². The lowest BCUT2D eigenvalue weighted by Crippen LogP contribution is -2.43. The van der Waals surface area contributed by atoms with Gasteiger partial charge in [-0.15, -0.1) is 0 Å². The number of aromatic nitrogens is 2. The molecule has 2 aromatic rings. The van der Waals surface area contributed by atoms with E-state index in [9.17, 15) is 31.1 Å². The largest absolute Gasteiger partial charge is 0.471 e. The van der Waals surface area contributed by atoms with Crippen molar-refractivity contribution in [2.24, 2.45) is 0 Å². The summed E-state index contributed by atoms with van der Waals surface area (Å²) in [6.45, 7) is 0.325.